The number of carbonyl (C=O) groups excluding carboxylic acids is 2. The number of amides is 1. The van der Waals surface area contributed by atoms with Crippen molar-refractivity contribution < 1.29 is 18.7 Å². The van der Waals surface area contributed by atoms with E-state index < -0.39 is 12.1 Å². The topological polar surface area (TPSA) is 46.6 Å². The Hall–Kier alpha value is -2.69. The first-order chi connectivity index (χ1) is 13.0. The normalized spacial score (nSPS) is 24.3. The van der Waals surface area contributed by atoms with E-state index in [1.165, 1.54) is 6.07 Å². The third-order valence-electron chi connectivity index (χ3n) is 5.48. The van der Waals surface area contributed by atoms with E-state index in [1.54, 1.807) is 30.0 Å². The quantitative estimate of drug-likeness (QED) is 0.772. The highest BCUT2D eigenvalue weighted by atomic mass is 19.1. The van der Waals surface area contributed by atoms with Gasteiger partial charge in [0, 0.05) is 17.6 Å². The number of hydrogen-bond donors (Lipinski definition) is 0. The molecule has 5 heteroatoms. The fourth-order valence-electron chi connectivity index (χ4n) is 3.98. The number of hydrogen-bond acceptors (Lipinski definition) is 3. The van der Waals surface area contributed by atoms with Gasteiger partial charge >= 0.3 is 5.97 Å². The maximum absolute atomic E-state index is 13.9. The number of fused-ring (bicyclic) bond motifs is 1. The number of para-hydroxylation sites is 1. The Morgan fingerprint density at radius 2 is 1.85 bits per heavy atom. The first-order valence-electron chi connectivity index (χ1n) is 9.33. The highest BCUT2D eigenvalue weighted by molar-refractivity contribution is 5.99. The molecule has 0 N–H and O–H groups in total. The van der Waals surface area contributed by atoms with E-state index in [2.05, 4.69) is 0 Å². The molecule has 0 unspecified atom stereocenters. The predicted octanol–water partition coefficient (Wildman–Crippen LogP) is 3.84. The average molecular weight is 367 g/mol. The van der Waals surface area contributed by atoms with Crippen LogP contribution in [0.3, 0.4) is 0 Å². The zero-order valence-corrected chi connectivity index (χ0v) is 15.4. The summed E-state index contributed by atoms with van der Waals surface area (Å²) in [6, 6.07) is 14.3. The van der Waals surface area contributed by atoms with Gasteiger partial charge in [-0.1, -0.05) is 36.4 Å². The van der Waals surface area contributed by atoms with Crippen LogP contribution in [0.4, 0.5) is 10.1 Å². The van der Waals surface area contributed by atoms with Gasteiger partial charge in [-0.2, -0.15) is 0 Å². The van der Waals surface area contributed by atoms with Crippen LogP contribution in [0, 0.1) is 11.7 Å². The lowest BCUT2D eigenvalue weighted by molar-refractivity contribution is -0.155. The Morgan fingerprint density at radius 1 is 1.15 bits per heavy atom. The molecule has 0 saturated heterocycles. The summed E-state index contributed by atoms with van der Waals surface area (Å²) >= 11 is 0. The molecule has 4 nitrogen and oxygen atoms in total. The largest absolute Gasteiger partial charge is 0.452 e. The van der Waals surface area contributed by atoms with Gasteiger partial charge in [0.05, 0.1) is 5.92 Å². The minimum Gasteiger partial charge on any atom is -0.452 e. The van der Waals surface area contributed by atoms with Crippen molar-refractivity contribution in [2.75, 3.05) is 4.90 Å². The molecule has 140 valence electrons. The van der Waals surface area contributed by atoms with E-state index in [9.17, 15) is 14.0 Å². The molecule has 4 atom stereocenters. The highest BCUT2D eigenvalue weighted by Gasteiger charge is 2.47. The standard InChI is InChI=1S/C22H22FNO3/c1-13-11-15-7-3-6-10-20(15)24(13)21(25)14(2)27-22(26)18-12-17(18)16-8-4-5-9-19(16)23/h3-10,13-14,17-18H,11-12H2,1-2H3/t13-,14+,17-,18-/m1/s1. The van der Waals surface area contributed by atoms with Crippen LogP contribution in [0.1, 0.15) is 37.3 Å². The molecule has 0 aromatic heterocycles. The Morgan fingerprint density at radius 3 is 2.63 bits per heavy atom. The second-order valence-electron chi connectivity index (χ2n) is 7.44. The molecule has 4 rings (SSSR count). The first kappa shape index (κ1) is 17.7. The molecule has 1 heterocycles. The third-order valence-corrected chi connectivity index (χ3v) is 5.48. The smallest absolute Gasteiger partial charge is 0.310 e. The Balaban J connectivity index is 1.41. The number of carbonyl (C=O) groups is 2. The molecule has 0 spiro atoms. The summed E-state index contributed by atoms with van der Waals surface area (Å²) in [5.74, 6) is -1.48. The predicted molar refractivity (Wildman–Crippen MR) is 99.9 cm³/mol. The van der Waals surface area contributed by atoms with Crippen LogP contribution >= 0.6 is 0 Å². The molecule has 1 fully saturated rings. The van der Waals surface area contributed by atoms with Crippen LogP contribution in [-0.2, 0) is 20.7 Å². The molecule has 1 saturated carbocycles. The lowest BCUT2D eigenvalue weighted by Crippen LogP contribution is -2.43. The van der Waals surface area contributed by atoms with Crippen molar-refractivity contribution in [3.8, 4) is 0 Å². The molecule has 0 bridgehead atoms. The molecule has 0 radical (unpaired) electrons. The Bertz CT molecular complexity index is 897. The molecule has 2 aliphatic rings. The summed E-state index contributed by atoms with van der Waals surface area (Å²) in [6.07, 6.45) is 0.484. The van der Waals surface area contributed by atoms with Gasteiger partial charge in [0.25, 0.3) is 5.91 Å². The summed E-state index contributed by atoms with van der Waals surface area (Å²) in [4.78, 5) is 27.0. The minimum atomic E-state index is -0.868. The van der Waals surface area contributed by atoms with Crippen LogP contribution in [0.25, 0.3) is 0 Å². The van der Waals surface area contributed by atoms with Gasteiger partial charge in [0.2, 0.25) is 0 Å². The van der Waals surface area contributed by atoms with Gasteiger partial charge in [-0.25, -0.2) is 4.39 Å². The fourth-order valence-corrected chi connectivity index (χ4v) is 3.98. The molecular formula is C22H22FNO3. The zero-order valence-electron chi connectivity index (χ0n) is 15.4. The number of nitrogens with zero attached hydrogens (tertiary/aromatic N) is 1. The van der Waals surface area contributed by atoms with Crippen LogP contribution in [0.5, 0.6) is 0 Å². The van der Waals surface area contributed by atoms with Crippen LogP contribution in [0.15, 0.2) is 48.5 Å². The maximum atomic E-state index is 13.9. The van der Waals surface area contributed by atoms with E-state index in [-0.39, 0.29) is 29.6 Å². The van der Waals surface area contributed by atoms with Crippen molar-refractivity contribution in [3.05, 3.63) is 65.5 Å². The van der Waals surface area contributed by atoms with E-state index in [0.29, 0.717) is 12.0 Å². The number of halogens is 1. The summed E-state index contributed by atoms with van der Waals surface area (Å²) in [7, 11) is 0. The Kier molecular flexibility index (Phi) is 4.46. The van der Waals surface area contributed by atoms with E-state index in [4.69, 9.17) is 4.74 Å². The summed E-state index contributed by atoms with van der Waals surface area (Å²) in [5.41, 5.74) is 2.55. The van der Waals surface area contributed by atoms with Crippen LogP contribution in [0.2, 0.25) is 0 Å². The van der Waals surface area contributed by atoms with Gasteiger partial charge in [-0.3, -0.25) is 9.59 Å². The van der Waals surface area contributed by atoms with Crippen molar-refractivity contribution in [3.63, 3.8) is 0 Å². The van der Waals surface area contributed by atoms with Gasteiger partial charge in [-0.15, -0.1) is 0 Å². The Labute approximate surface area is 157 Å². The summed E-state index contributed by atoms with van der Waals surface area (Å²) < 4.78 is 19.3. The van der Waals surface area contributed by atoms with Gasteiger partial charge < -0.3 is 9.64 Å². The fraction of sp³-hybridized carbons (Fsp3) is 0.364. The SMILES string of the molecule is C[C@H](OC(=O)[C@@H]1C[C@@H]1c1ccccc1F)C(=O)N1c2ccccc2C[C@H]1C. The van der Waals surface area contributed by atoms with Gasteiger partial charge in [0.1, 0.15) is 5.82 Å². The lowest BCUT2D eigenvalue weighted by Gasteiger charge is -2.26. The monoisotopic (exact) mass is 367 g/mol. The molecule has 1 aliphatic heterocycles. The minimum absolute atomic E-state index is 0.0307. The second kappa shape index (κ2) is 6.80. The number of benzene rings is 2. The van der Waals surface area contributed by atoms with Gasteiger partial charge in [-0.05, 0) is 49.9 Å². The van der Waals surface area contributed by atoms with E-state index in [1.807, 2.05) is 31.2 Å². The van der Waals surface area contributed by atoms with Crippen molar-refractivity contribution in [1.29, 1.82) is 0 Å². The molecule has 1 amide bonds. The van der Waals surface area contributed by atoms with Crippen LogP contribution < -0.4 is 4.90 Å². The maximum Gasteiger partial charge on any atom is 0.310 e. The summed E-state index contributed by atoms with van der Waals surface area (Å²) in [5, 5.41) is 0. The van der Waals surface area contributed by atoms with Crippen molar-refractivity contribution >= 4 is 17.6 Å². The lowest BCUT2D eigenvalue weighted by atomic mass is 10.1. The molecule has 2 aromatic rings. The second-order valence-corrected chi connectivity index (χ2v) is 7.44. The van der Waals surface area contributed by atoms with Crippen molar-refractivity contribution in [1.82, 2.24) is 0 Å². The highest BCUT2D eigenvalue weighted by Crippen LogP contribution is 2.49. The number of anilines is 1. The molecule has 2 aromatic carbocycles. The molecular weight excluding hydrogens is 345 g/mol. The van der Waals surface area contributed by atoms with E-state index in [0.717, 1.165) is 17.7 Å². The summed E-state index contributed by atoms with van der Waals surface area (Å²) in [6.45, 7) is 3.59. The molecule has 1 aliphatic carbocycles. The van der Waals surface area contributed by atoms with Gasteiger partial charge in [0.15, 0.2) is 6.10 Å². The number of ether oxygens (including phenoxy) is 1. The molecule has 27 heavy (non-hydrogen) atoms. The zero-order chi connectivity index (χ0) is 19.1. The average Bonchev–Trinajstić information content (AvgIpc) is 3.37. The first-order valence-corrected chi connectivity index (χ1v) is 9.33. The van der Waals surface area contributed by atoms with Crippen molar-refractivity contribution in [2.45, 2.75) is 44.8 Å². The van der Waals surface area contributed by atoms with E-state index >= 15 is 0 Å². The van der Waals surface area contributed by atoms with Crippen molar-refractivity contribution in [2.24, 2.45) is 5.92 Å². The van der Waals surface area contributed by atoms with Crippen LogP contribution in [-0.4, -0.2) is 24.0 Å². The third kappa shape index (κ3) is 3.22. The number of rotatable bonds is 4. The number of esters is 1.